The third-order valence-electron chi connectivity index (χ3n) is 3.67. The first-order chi connectivity index (χ1) is 10.7. The van der Waals surface area contributed by atoms with Gasteiger partial charge >= 0.3 is 11.9 Å². The molecule has 1 saturated heterocycles. The summed E-state index contributed by atoms with van der Waals surface area (Å²) in [5.74, 6) is -4.52. The van der Waals surface area contributed by atoms with Crippen LogP contribution in [0.1, 0.15) is 13.8 Å². The van der Waals surface area contributed by atoms with Gasteiger partial charge in [0.25, 0.3) is 0 Å². The minimum Gasteiger partial charge on any atom is -0.481 e. The van der Waals surface area contributed by atoms with Gasteiger partial charge in [-0.15, -0.1) is 11.8 Å². The molecule has 2 rings (SSSR count). The number of carboxylic acids is 2. The quantitative estimate of drug-likeness (QED) is 0.383. The van der Waals surface area contributed by atoms with Crippen molar-refractivity contribution in [1.29, 1.82) is 5.41 Å². The number of carbonyl (C=O) groups excluding carboxylic acids is 1. The molecule has 8 nitrogen and oxygen atoms in total. The Morgan fingerprint density at radius 1 is 1.43 bits per heavy atom. The highest BCUT2D eigenvalue weighted by molar-refractivity contribution is 8.22. The summed E-state index contributed by atoms with van der Waals surface area (Å²) >= 11 is 2.16. The summed E-state index contributed by atoms with van der Waals surface area (Å²) < 4.78 is 0.339. The SMILES string of the molecule is CC(=N)[C@H](CSC1=C(C(=O)O)N2C(=O)[C@H](C(C)O)[C@H]2S1)C(=O)O. The number of hydrogen-bond donors (Lipinski definition) is 4. The Morgan fingerprint density at radius 3 is 2.48 bits per heavy atom. The van der Waals surface area contributed by atoms with E-state index in [2.05, 4.69) is 0 Å². The number of hydrogen-bond acceptors (Lipinski definition) is 7. The maximum atomic E-state index is 12.0. The Kier molecular flexibility index (Phi) is 5.07. The van der Waals surface area contributed by atoms with Gasteiger partial charge in [0.15, 0.2) is 5.70 Å². The zero-order chi connectivity index (χ0) is 17.5. The first-order valence-electron chi connectivity index (χ1n) is 6.72. The number of fused-ring (bicyclic) bond motifs is 1. The molecule has 0 saturated carbocycles. The molecule has 10 heteroatoms. The summed E-state index contributed by atoms with van der Waals surface area (Å²) in [5, 5.41) is 35.0. The fourth-order valence-electron chi connectivity index (χ4n) is 2.39. The number of carboxylic acid groups (broad SMARTS) is 2. The number of nitrogens with zero attached hydrogens (tertiary/aromatic N) is 1. The molecule has 4 atom stereocenters. The Morgan fingerprint density at radius 2 is 2.04 bits per heavy atom. The molecule has 1 amide bonds. The summed E-state index contributed by atoms with van der Waals surface area (Å²) in [5.41, 5.74) is -0.189. The van der Waals surface area contributed by atoms with Crippen molar-refractivity contribution < 1.29 is 29.7 Å². The van der Waals surface area contributed by atoms with Crippen molar-refractivity contribution in [3.8, 4) is 0 Å². The van der Waals surface area contributed by atoms with Crippen LogP contribution >= 0.6 is 23.5 Å². The topological polar surface area (TPSA) is 139 Å². The highest BCUT2D eigenvalue weighted by Crippen LogP contribution is 2.53. The van der Waals surface area contributed by atoms with Crippen LogP contribution in [0.15, 0.2) is 9.93 Å². The molecular formula is C13H16N2O6S2. The Bertz CT molecular complexity index is 604. The van der Waals surface area contributed by atoms with Crippen molar-refractivity contribution in [3.05, 3.63) is 9.93 Å². The fraction of sp³-hybridized carbons (Fsp3) is 0.538. The Balaban J connectivity index is 2.18. The molecule has 1 unspecified atom stereocenters. The number of aliphatic carboxylic acids is 2. The van der Waals surface area contributed by atoms with Crippen molar-refractivity contribution in [2.24, 2.45) is 11.8 Å². The van der Waals surface area contributed by atoms with Crippen molar-refractivity contribution in [2.75, 3.05) is 5.75 Å². The summed E-state index contributed by atoms with van der Waals surface area (Å²) in [6, 6.07) is 0. The van der Waals surface area contributed by atoms with Crippen LogP contribution in [0.5, 0.6) is 0 Å². The molecule has 0 aromatic heterocycles. The van der Waals surface area contributed by atoms with E-state index in [1.54, 1.807) is 0 Å². The highest BCUT2D eigenvalue weighted by atomic mass is 32.2. The lowest BCUT2D eigenvalue weighted by molar-refractivity contribution is -0.156. The summed E-state index contributed by atoms with van der Waals surface area (Å²) in [6.45, 7) is 2.86. The third-order valence-corrected chi connectivity index (χ3v) is 6.42. The van der Waals surface area contributed by atoms with E-state index in [1.165, 1.54) is 13.8 Å². The van der Waals surface area contributed by atoms with Gasteiger partial charge in [-0.1, -0.05) is 11.8 Å². The Hall–Kier alpha value is -1.52. The van der Waals surface area contributed by atoms with Gasteiger partial charge in [0, 0.05) is 11.5 Å². The van der Waals surface area contributed by atoms with Crippen LogP contribution in [0.3, 0.4) is 0 Å². The number of β-lactam (4-membered cyclic amide) rings is 1. The van der Waals surface area contributed by atoms with E-state index in [0.29, 0.717) is 4.24 Å². The number of nitrogens with one attached hydrogen (secondary N) is 1. The first kappa shape index (κ1) is 17.8. The van der Waals surface area contributed by atoms with Crippen molar-refractivity contribution in [2.45, 2.75) is 25.3 Å². The standard InChI is InChI=1S/C13H16N2O6S2/c1-4(14)6(11(18)19)3-22-13-8(12(20)21)15-9(17)7(5(2)16)10(15)23-13/h5-7,10,14,16H,3H2,1-2H3,(H,18,19)(H,20,21)/t5?,6-,7-,10+/m0/s1. The van der Waals surface area contributed by atoms with Gasteiger partial charge in [0.1, 0.15) is 11.3 Å². The van der Waals surface area contributed by atoms with Gasteiger partial charge in [-0.2, -0.15) is 0 Å². The smallest absolute Gasteiger partial charge is 0.354 e. The van der Waals surface area contributed by atoms with Crippen molar-refractivity contribution >= 4 is 47.1 Å². The lowest BCUT2D eigenvalue weighted by atomic mass is 9.92. The van der Waals surface area contributed by atoms with Crippen LogP contribution in [-0.4, -0.2) is 61.0 Å². The maximum absolute atomic E-state index is 12.0. The van der Waals surface area contributed by atoms with Crippen LogP contribution in [0, 0.1) is 17.2 Å². The maximum Gasteiger partial charge on any atom is 0.354 e. The zero-order valence-corrected chi connectivity index (χ0v) is 14.0. The monoisotopic (exact) mass is 360 g/mol. The molecule has 2 aliphatic rings. The molecule has 2 aliphatic heterocycles. The van der Waals surface area contributed by atoms with E-state index in [-0.39, 0.29) is 17.2 Å². The molecule has 0 aliphatic carbocycles. The van der Waals surface area contributed by atoms with E-state index < -0.39 is 41.2 Å². The summed E-state index contributed by atoms with van der Waals surface area (Å²) in [6.07, 6.45) is -0.883. The van der Waals surface area contributed by atoms with Crippen molar-refractivity contribution in [3.63, 3.8) is 0 Å². The largest absolute Gasteiger partial charge is 0.481 e. The zero-order valence-electron chi connectivity index (χ0n) is 12.3. The van der Waals surface area contributed by atoms with E-state index in [9.17, 15) is 24.6 Å². The molecule has 4 N–H and O–H groups in total. The minimum absolute atomic E-state index is 0.0118. The van der Waals surface area contributed by atoms with Gasteiger partial charge in [-0.3, -0.25) is 14.5 Å². The second kappa shape index (κ2) is 6.54. The molecule has 0 aromatic rings. The first-order valence-corrected chi connectivity index (χ1v) is 8.59. The van der Waals surface area contributed by atoms with Gasteiger partial charge in [-0.25, -0.2) is 4.79 Å². The second-order valence-electron chi connectivity index (χ2n) is 5.31. The van der Waals surface area contributed by atoms with Gasteiger partial charge in [-0.05, 0) is 13.8 Å². The lowest BCUT2D eigenvalue weighted by Gasteiger charge is -2.43. The Labute approximate surface area is 140 Å². The molecule has 2 heterocycles. The van der Waals surface area contributed by atoms with Crippen LogP contribution < -0.4 is 0 Å². The molecule has 1 fully saturated rings. The van der Waals surface area contributed by atoms with Crippen molar-refractivity contribution in [1.82, 2.24) is 4.90 Å². The fourth-order valence-corrected chi connectivity index (χ4v) is 5.52. The molecule has 0 spiro atoms. The predicted octanol–water partition coefficient (Wildman–Crippen LogP) is 0.626. The van der Waals surface area contributed by atoms with E-state index in [1.807, 2.05) is 0 Å². The van der Waals surface area contributed by atoms with Crippen LogP contribution in [-0.2, 0) is 14.4 Å². The third kappa shape index (κ3) is 3.10. The molecule has 0 radical (unpaired) electrons. The highest BCUT2D eigenvalue weighted by Gasteiger charge is 2.57. The van der Waals surface area contributed by atoms with Crippen LogP contribution in [0.4, 0.5) is 0 Å². The second-order valence-corrected chi connectivity index (χ2v) is 7.72. The molecule has 0 bridgehead atoms. The van der Waals surface area contributed by atoms with Crippen LogP contribution in [0.2, 0.25) is 0 Å². The summed E-state index contributed by atoms with van der Waals surface area (Å²) in [7, 11) is 0. The lowest BCUT2D eigenvalue weighted by Crippen LogP contribution is -2.60. The molecular weight excluding hydrogens is 344 g/mol. The number of aliphatic hydroxyl groups excluding tert-OH is 1. The normalized spacial score (nSPS) is 25.7. The van der Waals surface area contributed by atoms with Crippen LogP contribution in [0.25, 0.3) is 0 Å². The van der Waals surface area contributed by atoms with E-state index in [4.69, 9.17) is 10.5 Å². The number of rotatable bonds is 7. The van der Waals surface area contributed by atoms with E-state index in [0.717, 1.165) is 28.4 Å². The number of aliphatic hydroxyl groups is 1. The average molecular weight is 360 g/mol. The van der Waals surface area contributed by atoms with Gasteiger partial charge in [0.05, 0.1) is 16.3 Å². The number of thioether (sulfide) groups is 2. The number of carbonyl (C=O) groups is 3. The predicted molar refractivity (Wildman–Crippen MR) is 85.0 cm³/mol. The minimum atomic E-state index is -1.27. The van der Waals surface area contributed by atoms with E-state index >= 15 is 0 Å². The number of amides is 1. The van der Waals surface area contributed by atoms with Gasteiger partial charge < -0.3 is 20.7 Å². The molecule has 126 valence electrons. The molecule has 0 aromatic carbocycles. The average Bonchev–Trinajstić information content (AvgIpc) is 2.72. The molecule has 23 heavy (non-hydrogen) atoms. The summed E-state index contributed by atoms with van der Waals surface area (Å²) in [4.78, 5) is 35.7. The van der Waals surface area contributed by atoms with Gasteiger partial charge in [0.2, 0.25) is 5.91 Å².